The highest BCUT2D eigenvalue weighted by Crippen LogP contribution is 2.30. The van der Waals surface area contributed by atoms with Crippen LogP contribution in [0, 0.1) is 25.2 Å². The lowest BCUT2D eigenvalue weighted by Gasteiger charge is -2.15. The molecule has 40 heavy (non-hydrogen) atoms. The van der Waals surface area contributed by atoms with Gasteiger partial charge in [0.25, 0.3) is 5.91 Å². The minimum absolute atomic E-state index is 0.0189. The fourth-order valence-corrected chi connectivity index (χ4v) is 4.11. The minimum Gasteiger partial charge on any atom is -0.490 e. The summed E-state index contributed by atoms with van der Waals surface area (Å²) in [6.45, 7) is 7.04. The quantitative estimate of drug-likeness (QED) is 0.161. The van der Waals surface area contributed by atoms with E-state index in [1.807, 2.05) is 118 Å². The molecular weight excluding hydrogens is 500 g/mol. The summed E-state index contributed by atoms with van der Waals surface area (Å²) in [4.78, 5) is 12.9. The number of aryl methyl sites for hydroxylation is 2. The van der Waals surface area contributed by atoms with Gasteiger partial charge in [0.05, 0.1) is 6.61 Å². The maximum absolute atomic E-state index is 12.9. The van der Waals surface area contributed by atoms with Crippen molar-refractivity contribution >= 4 is 17.7 Å². The molecule has 0 heterocycles. The summed E-state index contributed by atoms with van der Waals surface area (Å²) in [6, 6.07) is 30.7. The number of nitrogens with zero attached hydrogens (tertiary/aromatic N) is 1. The van der Waals surface area contributed by atoms with Crippen molar-refractivity contribution in [1.82, 2.24) is 0 Å². The van der Waals surface area contributed by atoms with Gasteiger partial charge in [-0.05, 0) is 67.8 Å². The summed E-state index contributed by atoms with van der Waals surface area (Å²) in [7, 11) is 0. The highest BCUT2D eigenvalue weighted by atomic mass is 16.5. The molecule has 6 nitrogen and oxygen atoms in total. The third kappa shape index (κ3) is 7.52. The highest BCUT2D eigenvalue weighted by molar-refractivity contribution is 6.10. The van der Waals surface area contributed by atoms with Gasteiger partial charge in [-0.1, -0.05) is 72.3 Å². The predicted octanol–water partition coefficient (Wildman–Crippen LogP) is 7.41. The van der Waals surface area contributed by atoms with Crippen LogP contribution >= 0.6 is 0 Å². The van der Waals surface area contributed by atoms with Crippen LogP contribution in [-0.2, 0) is 18.0 Å². The molecule has 1 amide bonds. The molecule has 0 spiro atoms. The summed E-state index contributed by atoms with van der Waals surface area (Å²) in [5, 5.41) is 12.6. The first-order valence-electron chi connectivity index (χ1n) is 13.1. The molecule has 0 atom stereocenters. The second kappa shape index (κ2) is 13.7. The Morgan fingerprint density at radius 2 is 1.52 bits per heavy atom. The molecule has 6 heteroatoms. The molecule has 0 saturated heterocycles. The molecule has 0 fully saturated rings. The number of para-hydroxylation sites is 1. The molecule has 0 saturated carbocycles. The first kappa shape index (κ1) is 28.0. The van der Waals surface area contributed by atoms with Crippen LogP contribution in [0.25, 0.3) is 6.08 Å². The van der Waals surface area contributed by atoms with Crippen LogP contribution < -0.4 is 19.5 Å². The molecule has 202 valence electrons. The van der Waals surface area contributed by atoms with Gasteiger partial charge in [0.1, 0.15) is 30.6 Å². The van der Waals surface area contributed by atoms with Crippen molar-refractivity contribution in [2.45, 2.75) is 34.0 Å². The summed E-state index contributed by atoms with van der Waals surface area (Å²) < 4.78 is 18.0. The van der Waals surface area contributed by atoms with Crippen LogP contribution in [0.5, 0.6) is 17.2 Å². The molecular formula is C34H32N2O4. The molecule has 0 aliphatic heterocycles. The molecule has 4 rings (SSSR count). The van der Waals surface area contributed by atoms with Crippen LogP contribution in [0.1, 0.15) is 34.7 Å². The second-order valence-corrected chi connectivity index (χ2v) is 9.26. The van der Waals surface area contributed by atoms with Crippen LogP contribution in [0.3, 0.4) is 0 Å². The summed E-state index contributed by atoms with van der Waals surface area (Å²) in [6.07, 6.45) is 1.54. The Hall–Kier alpha value is -5.02. The summed E-state index contributed by atoms with van der Waals surface area (Å²) >= 11 is 0. The Labute approximate surface area is 235 Å². The minimum atomic E-state index is -0.475. The van der Waals surface area contributed by atoms with Gasteiger partial charge >= 0.3 is 0 Å². The topological polar surface area (TPSA) is 80.6 Å². The van der Waals surface area contributed by atoms with E-state index in [4.69, 9.17) is 14.2 Å². The number of ether oxygens (including phenoxy) is 3. The van der Waals surface area contributed by atoms with E-state index in [1.165, 1.54) is 0 Å². The number of nitrogens with one attached hydrogen (secondary N) is 1. The van der Waals surface area contributed by atoms with Crippen molar-refractivity contribution in [3.05, 3.63) is 124 Å². The normalized spacial score (nSPS) is 10.9. The smallest absolute Gasteiger partial charge is 0.266 e. The third-order valence-electron chi connectivity index (χ3n) is 6.15. The first-order valence-corrected chi connectivity index (χ1v) is 13.1. The van der Waals surface area contributed by atoms with Gasteiger partial charge in [-0.2, -0.15) is 5.26 Å². The van der Waals surface area contributed by atoms with Gasteiger partial charge in [0, 0.05) is 11.3 Å². The number of benzene rings is 4. The third-order valence-corrected chi connectivity index (χ3v) is 6.15. The molecule has 0 aliphatic rings. The zero-order valence-electron chi connectivity index (χ0n) is 22.9. The van der Waals surface area contributed by atoms with E-state index >= 15 is 0 Å². The van der Waals surface area contributed by atoms with Crippen molar-refractivity contribution in [3.63, 3.8) is 0 Å². The van der Waals surface area contributed by atoms with Crippen molar-refractivity contribution in [2.24, 2.45) is 0 Å². The molecule has 0 radical (unpaired) electrons. The Bertz CT molecular complexity index is 1540. The van der Waals surface area contributed by atoms with E-state index in [1.54, 1.807) is 6.08 Å². The highest BCUT2D eigenvalue weighted by Gasteiger charge is 2.13. The molecule has 0 aliphatic carbocycles. The van der Waals surface area contributed by atoms with Gasteiger partial charge < -0.3 is 19.5 Å². The largest absolute Gasteiger partial charge is 0.490 e. The number of anilines is 1. The average molecular weight is 533 g/mol. The lowest BCUT2D eigenvalue weighted by Crippen LogP contribution is -2.14. The Balaban J connectivity index is 1.47. The molecule has 0 unspecified atom stereocenters. The zero-order chi connectivity index (χ0) is 28.3. The maximum atomic E-state index is 12.9. The number of hydrogen-bond acceptors (Lipinski definition) is 5. The molecule has 4 aromatic carbocycles. The lowest BCUT2D eigenvalue weighted by molar-refractivity contribution is -0.112. The average Bonchev–Trinajstić information content (AvgIpc) is 2.97. The van der Waals surface area contributed by atoms with E-state index in [0.717, 1.165) is 22.3 Å². The van der Waals surface area contributed by atoms with Crippen molar-refractivity contribution in [2.75, 3.05) is 11.9 Å². The van der Waals surface area contributed by atoms with E-state index < -0.39 is 5.91 Å². The molecule has 0 aromatic heterocycles. The predicted molar refractivity (Wildman–Crippen MR) is 157 cm³/mol. The van der Waals surface area contributed by atoms with Gasteiger partial charge in [-0.15, -0.1) is 0 Å². The Morgan fingerprint density at radius 1 is 0.800 bits per heavy atom. The van der Waals surface area contributed by atoms with E-state index in [-0.39, 0.29) is 12.2 Å². The Kier molecular flexibility index (Phi) is 9.58. The summed E-state index contributed by atoms with van der Waals surface area (Å²) in [5.74, 6) is 1.38. The molecule has 0 bridgehead atoms. The number of carbonyl (C=O) groups is 1. The lowest BCUT2D eigenvalue weighted by atomic mass is 10.1. The van der Waals surface area contributed by atoms with Gasteiger partial charge in [0.15, 0.2) is 11.5 Å². The van der Waals surface area contributed by atoms with Crippen molar-refractivity contribution < 1.29 is 19.0 Å². The maximum Gasteiger partial charge on any atom is 0.266 e. The number of nitriles is 1. The number of hydrogen-bond donors (Lipinski definition) is 1. The van der Waals surface area contributed by atoms with Gasteiger partial charge in [0.2, 0.25) is 0 Å². The van der Waals surface area contributed by atoms with E-state index in [2.05, 4.69) is 5.32 Å². The second-order valence-electron chi connectivity index (χ2n) is 9.26. The van der Waals surface area contributed by atoms with Crippen LogP contribution in [0.2, 0.25) is 0 Å². The van der Waals surface area contributed by atoms with Crippen molar-refractivity contribution in [3.8, 4) is 23.3 Å². The summed E-state index contributed by atoms with van der Waals surface area (Å²) in [5.41, 5.74) is 5.27. The van der Waals surface area contributed by atoms with Crippen LogP contribution in [0.15, 0.2) is 96.6 Å². The standard InChI is InChI=1S/C34H32N2O4/c1-4-38-33-19-27(15-17-32(33)40-22-26-10-6-5-7-11-26)23-39-31-13-9-8-12-28(31)20-29(21-35)34(37)36-30-16-14-24(2)18-25(30)3/h5-20H,4,22-23H2,1-3H3,(H,36,37)/b29-20+. The zero-order valence-corrected chi connectivity index (χ0v) is 22.9. The van der Waals surface area contributed by atoms with Crippen LogP contribution in [-0.4, -0.2) is 12.5 Å². The Morgan fingerprint density at radius 3 is 2.27 bits per heavy atom. The van der Waals surface area contributed by atoms with E-state index in [0.29, 0.717) is 41.7 Å². The molecule has 4 aromatic rings. The van der Waals surface area contributed by atoms with Crippen molar-refractivity contribution in [1.29, 1.82) is 5.26 Å². The number of amides is 1. The number of carbonyl (C=O) groups excluding carboxylic acids is 1. The number of rotatable bonds is 11. The fraction of sp³-hybridized carbons (Fsp3) is 0.176. The van der Waals surface area contributed by atoms with Crippen LogP contribution in [0.4, 0.5) is 5.69 Å². The first-order chi connectivity index (χ1) is 19.5. The van der Waals surface area contributed by atoms with Gasteiger partial charge in [-0.3, -0.25) is 4.79 Å². The molecule has 1 N–H and O–H groups in total. The SMILES string of the molecule is CCOc1cc(COc2ccccc2/C=C(\C#N)C(=O)Nc2ccc(C)cc2C)ccc1OCc1ccccc1. The monoisotopic (exact) mass is 532 g/mol. The fourth-order valence-electron chi connectivity index (χ4n) is 4.11. The van der Waals surface area contributed by atoms with E-state index in [9.17, 15) is 10.1 Å². The van der Waals surface area contributed by atoms with Gasteiger partial charge in [-0.25, -0.2) is 0 Å².